The van der Waals surface area contributed by atoms with Gasteiger partial charge in [0.05, 0.1) is 23.3 Å². The first kappa shape index (κ1) is 18.4. The topological polar surface area (TPSA) is 60.9 Å². The van der Waals surface area contributed by atoms with Crippen molar-refractivity contribution in [2.24, 2.45) is 5.73 Å². The molecule has 1 amide bonds. The SMILES string of the molecule is NC(=O)c1cccc2c1c1ccc(-c3ccc(Cl)cc3)cc1n2Cc1ccccn1. The fraction of sp³-hybridized carbons (Fsp3) is 0.0400. The number of nitrogens with two attached hydrogens (primary N) is 1. The average molecular weight is 412 g/mol. The number of benzene rings is 3. The summed E-state index contributed by atoms with van der Waals surface area (Å²) in [5.41, 5.74) is 11.3. The molecule has 146 valence electrons. The van der Waals surface area contributed by atoms with Gasteiger partial charge in [-0.2, -0.15) is 0 Å². The first-order valence-electron chi connectivity index (χ1n) is 9.62. The van der Waals surface area contributed by atoms with E-state index < -0.39 is 5.91 Å². The highest BCUT2D eigenvalue weighted by Crippen LogP contribution is 2.35. The van der Waals surface area contributed by atoms with E-state index in [2.05, 4.69) is 27.8 Å². The van der Waals surface area contributed by atoms with Crippen molar-refractivity contribution in [3.05, 3.63) is 101 Å². The lowest BCUT2D eigenvalue weighted by atomic mass is 10.0. The van der Waals surface area contributed by atoms with Crippen molar-refractivity contribution in [1.29, 1.82) is 0 Å². The molecule has 0 saturated heterocycles. The highest BCUT2D eigenvalue weighted by atomic mass is 35.5. The number of rotatable bonds is 4. The maximum Gasteiger partial charge on any atom is 0.249 e. The second kappa shape index (κ2) is 7.32. The van der Waals surface area contributed by atoms with Gasteiger partial charge < -0.3 is 10.3 Å². The van der Waals surface area contributed by atoms with Gasteiger partial charge in [-0.1, -0.05) is 48.0 Å². The number of hydrogen-bond acceptors (Lipinski definition) is 2. The molecule has 30 heavy (non-hydrogen) atoms. The molecular weight excluding hydrogens is 394 g/mol. The molecule has 2 heterocycles. The second-order valence-electron chi connectivity index (χ2n) is 7.21. The van der Waals surface area contributed by atoms with Crippen LogP contribution in [0.3, 0.4) is 0 Å². The van der Waals surface area contributed by atoms with Crippen molar-refractivity contribution in [1.82, 2.24) is 9.55 Å². The molecule has 0 aliphatic carbocycles. The van der Waals surface area contributed by atoms with Crippen LogP contribution < -0.4 is 5.73 Å². The fourth-order valence-electron chi connectivity index (χ4n) is 4.00. The molecule has 5 aromatic rings. The number of fused-ring (bicyclic) bond motifs is 3. The molecular formula is C25H18ClN3O. The van der Waals surface area contributed by atoms with Gasteiger partial charge >= 0.3 is 0 Å². The molecule has 0 spiro atoms. The van der Waals surface area contributed by atoms with Crippen LogP contribution in [0.2, 0.25) is 5.02 Å². The first-order chi connectivity index (χ1) is 14.6. The Labute approximate surface area is 178 Å². The predicted octanol–water partition coefficient (Wildman–Crippen LogP) is 5.66. The van der Waals surface area contributed by atoms with Crippen molar-refractivity contribution < 1.29 is 4.79 Å². The van der Waals surface area contributed by atoms with Gasteiger partial charge in [-0.15, -0.1) is 0 Å². The van der Waals surface area contributed by atoms with Crippen LogP contribution in [0.1, 0.15) is 16.1 Å². The van der Waals surface area contributed by atoms with E-state index in [0.717, 1.165) is 38.6 Å². The fourth-order valence-corrected chi connectivity index (χ4v) is 4.12. The van der Waals surface area contributed by atoms with E-state index in [1.807, 2.05) is 54.6 Å². The number of primary amides is 1. The number of carbonyl (C=O) groups excluding carboxylic acids is 1. The van der Waals surface area contributed by atoms with Crippen molar-refractivity contribution in [3.63, 3.8) is 0 Å². The number of aromatic nitrogens is 2. The second-order valence-corrected chi connectivity index (χ2v) is 7.65. The summed E-state index contributed by atoms with van der Waals surface area (Å²) in [5, 5.41) is 2.57. The van der Waals surface area contributed by atoms with E-state index >= 15 is 0 Å². The Kier molecular flexibility index (Phi) is 4.49. The molecule has 0 aliphatic heterocycles. The van der Waals surface area contributed by atoms with Crippen molar-refractivity contribution in [2.75, 3.05) is 0 Å². The normalized spacial score (nSPS) is 11.2. The van der Waals surface area contributed by atoms with Gasteiger partial charge in [-0.25, -0.2) is 0 Å². The van der Waals surface area contributed by atoms with Gasteiger partial charge in [-0.05, 0) is 53.6 Å². The third-order valence-corrected chi connectivity index (χ3v) is 5.63. The Bertz CT molecular complexity index is 1390. The lowest BCUT2D eigenvalue weighted by Crippen LogP contribution is -2.11. The first-order valence-corrected chi connectivity index (χ1v) is 10.0. The zero-order valence-corrected chi connectivity index (χ0v) is 16.8. The Morgan fingerprint density at radius 2 is 1.70 bits per heavy atom. The van der Waals surface area contributed by atoms with E-state index in [4.69, 9.17) is 17.3 Å². The molecule has 0 saturated carbocycles. The minimum absolute atomic E-state index is 0.431. The van der Waals surface area contributed by atoms with Crippen LogP contribution in [0.25, 0.3) is 32.9 Å². The maximum atomic E-state index is 12.1. The number of carbonyl (C=O) groups is 1. The van der Waals surface area contributed by atoms with E-state index in [1.165, 1.54) is 0 Å². The van der Waals surface area contributed by atoms with E-state index in [1.54, 1.807) is 12.3 Å². The van der Waals surface area contributed by atoms with Crippen molar-refractivity contribution in [2.45, 2.75) is 6.54 Å². The molecule has 2 N–H and O–H groups in total. The van der Waals surface area contributed by atoms with Crippen LogP contribution >= 0.6 is 11.6 Å². The summed E-state index contributed by atoms with van der Waals surface area (Å²) in [5.74, 6) is -0.431. The molecule has 0 bridgehead atoms. The third-order valence-electron chi connectivity index (χ3n) is 5.38. The van der Waals surface area contributed by atoms with Gasteiger partial charge in [0.15, 0.2) is 0 Å². The van der Waals surface area contributed by atoms with Gasteiger partial charge in [0.25, 0.3) is 0 Å². The zero-order chi connectivity index (χ0) is 20.7. The summed E-state index contributed by atoms with van der Waals surface area (Å²) in [6, 6.07) is 25.6. The highest BCUT2D eigenvalue weighted by molar-refractivity contribution is 6.30. The van der Waals surface area contributed by atoms with Crippen LogP contribution in [0.15, 0.2) is 85.1 Å². The molecule has 0 aliphatic rings. The van der Waals surface area contributed by atoms with Crippen molar-refractivity contribution >= 4 is 39.3 Å². The lowest BCUT2D eigenvalue weighted by Gasteiger charge is -2.09. The Hall–Kier alpha value is -3.63. The highest BCUT2D eigenvalue weighted by Gasteiger charge is 2.17. The van der Waals surface area contributed by atoms with Crippen LogP contribution in [0, 0.1) is 0 Å². The van der Waals surface area contributed by atoms with Gasteiger partial charge in [0.2, 0.25) is 5.91 Å². The molecule has 0 atom stereocenters. The Morgan fingerprint density at radius 1 is 0.900 bits per heavy atom. The van der Waals surface area contributed by atoms with Gasteiger partial charge in [0.1, 0.15) is 0 Å². The minimum Gasteiger partial charge on any atom is -0.366 e. The smallest absolute Gasteiger partial charge is 0.249 e. The number of hydrogen-bond donors (Lipinski definition) is 1. The minimum atomic E-state index is -0.431. The van der Waals surface area contributed by atoms with E-state index in [9.17, 15) is 4.79 Å². The summed E-state index contributed by atoms with van der Waals surface area (Å²) in [4.78, 5) is 16.6. The zero-order valence-electron chi connectivity index (χ0n) is 16.0. The van der Waals surface area contributed by atoms with Crippen LogP contribution in [-0.2, 0) is 6.54 Å². The average Bonchev–Trinajstić information content (AvgIpc) is 3.08. The quantitative estimate of drug-likeness (QED) is 0.415. The van der Waals surface area contributed by atoms with E-state index in [0.29, 0.717) is 17.1 Å². The predicted molar refractivity (Wildman–Crippen MR) is 122 cm³/mol. The molecule has 0 radical (unpaired) electrons. The standard InChI is InChI=1S/C25H18ClN3O/c26-18-10-7-16(8-11-18)17-9-12-20-23(14-17)29(15-19-4-1-2-13-28-19)22-6-3-5-21(24(20)22)25(27)30/h1-14H,15H2,(H2,27,30). The summed E-state index contributed by atoms with van der Waals surface area (Å²) in [6.07, 6.45) is 1.79. The Morgan fingerprint density at radius 3 is 2.43 bits per heavy atom. The van der Waals surface area contributed by atoms with E-state index in [-0.39, 0.29) is 0 Å². The van der Waals surface area contributed by atoms with Crippen LogP contribution in [0.4, 0.5) is 0 Å². The Balaban J connectivity index is 1.80. The molecule has 0 fully saturated rings. The van der Waals surface area contributed by atoms with Crippen molar-refractivity contribution in [3.8, 4) is 11.1 Å². The molecule has 2 aromatic heterocycles. The molecule has 5 heteroatoms. The molecule has 3 aromatic carbocycles. The van der Waals surface area contributed by atoms with Gasteiger partial charge in [0, 0.05) is 27.6 Å². The number of halogens is 1. The third kappa shape index (κ3) is 3.11. The monoisotopic (exact) mass is 411 g/mol. The largest absolute Gasteiger partial charge is 0.366 e. The summed E-state index contributed by atoms with van der Waals surface area (Å²) in [6.45, 7) is 0.590. The maximum absolute atomic E-state index is 12.1. The molecule has 0 unspecified atom stereocenters. The molecule has 4 nitrogen and oxygen atoms in total. The van der Waals surface area contributed by atoms with Gasteiger partial charge in [-0.3, -0.25) is 9.78 Å². The summed E-state index contributed by atoms with van der Waals surface area (Å²) in [7, 11) is 0. The van der Waals surface area contributed by atoms with Crippen LogP contribution in [-0.4, -0.2) is 15.5 Å². The number of nitrogens with zero attached hydrogens (tertiary/aromatic N) is 2. The van der Waals surface area contributed by atoms with Crippen LogP contribution in [0.5, 0.6) is 0 Å². The number of amides is 1. The summed E-state index contributed by atoms with van der Waals surface area (Å²) >= 11 is 6.06. The number of pyridine rings is 1. The molecule has 5 rings (SSSR count). The summed E-state index contributed by atoms with van der Waals surface area (Å²) < 4.78 is 2.19. The lowest BCUT2D eigenvalue weighted by molar-refractivity contribution is 0.100.